The number of likely N-dealkylation sites (tertiary alicyclic amines) is 1. The number of nitrogens with zero attached hydrogens (tertiary/aromatic N) is 1. The van der Waals surface area contributed by atoms with Gasteiger partial charge in [-0.3, -0.25) is 0 Å². The molecular formula is C11H22N2O3. The highest BCUT2D eigenvalue weighted by Gasteiger charge is 2.31. The zero-order valence-electron chi connectivity index (χ0n) is 10.5. The minimum Gasteiger partial charge on any atom is -0.444 e. The summed E-state index contributed by atoms with van der Waals surface area (Å²) in [6.45, 7) is 6.58. The SMILES string of the molecule is CNC1CN(C(=O)OC(C)(C)C)CCC1O. The zero-order valence-corrected chi connectivity index (χ0v) is 10.5. The van der Waals surface area contributed by atoms with Crippen LogP contribution >= 0.6 is 0 Å². The van der Waals surface area contributed by atoms with Crippen molar-refractivity contribution in [3.8, 4) is 0 Å². The van der Waals surface area contributed by atoms with Crippen molar-refractivity contribution in [2.24, 2.45) is 0 Å². The summed E-state index contributed by atoms with van der Waals surface area (Å²) in [6, 6.07) is -0.0683. The number of aliphatic hydroxyl groups excluding tert-OH is 1. The summed E-state index contributed by atoms with van der Waals surface area (Å²) >= 11 is 0. The Morgan fingerprint density at radius 3 is 2.62 bits per heavy atom. The quantitative estimate of drug-likeness (QED) is 0.691. The molecule has 0 aliphatic carbocycles. The Morgan fingerprint density at radius 1 is 1.50 bits per heavy atom. The van der Waals surface area contributed by atoms with E-state index in [0.29, 0.717) is 19.5 Å². The van der Waals surface area contributed by atoms with E-state index < -0.39 is 5.60 Å². The lowest BCUT2D eigenvalue weighted by Crippen LogP contribution is -2.54. The third-order valence-corrected chi connectivity index (χ3v) is 2.60. The minimum absolute atomic E-state index is 0.0683. The molecule has 0 aromatic carbocycles. The van der Waals surface area contributed by atoms with E-state index >= 15 is 0 Å². The molecule has 0 aromatic heterocycles. The van der Waals surface area contributed by atoms with Crippen LogP contribution in [0.25, 0.3) is 0 Å². The van der Waals surface area contributed by atoms with Crippen LogP contribution in [0, 0.1) is 0 Å². The Bertz CT molecular complexity index is 250. The molecule has 0 spiro atoms. The lowest BCUT2D eigenvalue weighted by Gasteiger charge is -2.36. The standard InChI is InChI=1S/C11H22N2O3/c1-11(2,3)16-10(15)13-6-5-9(14)8(7-13)12-4/h8-9,12,14H,5-7H2,1-4H3. The molecule has 1 fully saturated rings. The molecule has 1 amide bonds. The highest BCUT2D eigenvalue weighted by atomic mass is 16.6. The van der Waals surface area contributed by atoms with Crippen molar-refractivity contribution >= 4 is 6.09 Å². The van der Waals surface area contributed by atoms with Gasteiger partial charge in [0.15, 0.2) is 0 Å². The zero-order chi connectivity index (χ0) is 12.3. The van der Waals surface area contributed by atoms with Crippen LogP contribution in [0.3, 0.4) is 0 Å². The second kappa shape index (κ2) is 5.01. The number of ether oxygens (including phenoxy) is 1. The molecule has 2 atom stereocenters. The number of carbonyl (C=O) groups excluding carboxylic acids is 1. The summed E-state index contributed by atoms with van der Waals surface area (Å²) < 4.78 is 5.28. The molecular weight excluding hydrogens is 208 g/mol. The Morgan fingerprint density at radius 2 is 2.12 bits per heavy atom. The van der Waals surface area contributed by atoms with Crippen LogP contribution in [-0.2, 0) is 4.74 Å². The molecule has 1 rings (SSSR count). The normalized spacial score (nSPS) is 26.7. The van der Waals surface area contributed by atoms with Gasteiger partial charge in [-0.2, -0.15) is 0 Å². The fourth-order valence-corrected chi connectivity index (χ4v) is 1.72. The van der Waals surface area contributed by atoms with Crippen LogP contribution in [0.5, 0.6) is 0 Å². The van der Waals surface area contributed by atoms with E-state index in [2.05, 4.69) is 5.32 Å². The predicted octanol–water partition coefficient (Wildman–Crippen LogP) is 0.576. The minimum atomic E-state index is -0.470. The fourth-order valence-electron chi connectivity index (χ4n) is 1.72. The van der Waals surface area contributed by atoms with Gasteiger partial charge in [0.1, 0.15) is 5.60 Å². The molecule has 1 aliphatic heterocycles. The Kier molecular flexibility index (Phi) is 4.15. The first-order valence-corrected chi connectivity index (χ1v) is 5.67. The molecule has 5 heteroatoms. The second-order valence-electron chi connectivity index (χ2n) is 5.18. The third-order valence-electron chi connectivity index (χ3n) is 2.60. The number of aliphatic hydroxyl groups is 1. The van der Waals surface area contributed by atoms with Gasteiger partial charge in [-0.15, -0.1) is 0 Å². The molecule has 0 saturated carbocycles. The number of carbonyl (C=O) groups is 1. The van der Waals surface area contributed by atoms with Crippen molar-refractivity contribution in [2.75, 3.05) is 20.1 Å². The van der Waals surface area contributed by atoms with Crippen LogP contribution in [0.2, 0.25) is 0 Å². The van der Waals surface area contributed by atoms with Crippen molar-refractivity contribution in [1.82, 2.24) is 10.2 Å². The van der Waals surface area contributed by atoms with Gasteiger partial charge in [0, 0.05) is 13.1 Å². The first-order chi connectivity index (χ1) is 7.33. The van der Waals surface area contributed by atoms with Crippen molar-refractivity contribution in [2.45, 2.75) is 44.9 Å². The Labute approximate surface area is 96.8 Å². The highest BCUT2D eigenvalue weighted by molar-refractivity contribution is 5.68. The third kappa shape index (κ3) is 3.64. The van der Waals surface area contributed by atoms with Crippen molar-refractivity contribution in [1.29, 1.82) is 0 Å². The van der Waals surface area contributed by atoms with Gasteiger partial charge in [-0.1, -0.05) is 0 Å². The lowest BCUT2D eigenvalue weighted by molar-refractivity contribution is 0.00137. The number of rotatable bonds is 1. The van der Waals surface area contributed by atoms with Crippen LogP contribution in [-0.4, -0.2) is 54.0 Å². The molecule has 1 heterocycles. The molecule has 0 radical (unpaired) electrons. The monoisotopic (exact) mass is 230 g/mol. The van der Waals surface area contributed by atoms with Crippen molar-refractivity contribution in [3.05, 3.63) is 0 Å². The van der Waals surface area contributed by atoms with Crippen LogP contribution in [0.15, 0.2) is 0 Å². The van der Waals surface area contributed by atoms with Crippen LogP contribution < -0.4 is 5.32 Å². The van der Waals surface area contributed by atoms with Gasteiger partial charge in [0.2, 0.25) is 0 Å². The van der Waals surface area contributed by atoms with E-state index in [1.165, 1.54) is 0 Å². The molecule has 1 saturated heterocycles. The summed E-state index contributed by atoms with van der Waals surface area (Å²) in [6.07, 6.45) is -0.103. The van der Waals surface area contributed by atoms with E-state index in [0.717, 1.165) is 0 Å². The summed E-state index contributed by atoms with van der Waals surface area (Å²) in [5.74, 6) is 0. The van der Waals surface area contributed by atoms with Gasteiger partial charge in [0.25, 0.3) is 0 Å². The molecule has 94 valence electrons. The van der Waals surface area contributed by atoms with E-state index in [-0.39, 0.29) is 18.2 Å². The smallest absolute Gasteiger partial charge is 0.410 e. The summed E-state index contributed by atoms with van der Waals surface area (Å²) in [4.78, 5) is 13.4. The van der Waals surface area contributed by atoms with Gasteiger partial charge in [-0.05, 0) is 34.2 Å². The van der Waals surface area contributed by atoms with Crippen molar-refractivity contribution < 1.29 is 14.6 Å². The number of piperidine rings is 1. The van der Waals surface area contributed by atoms with Gasteiger partial charge in [-0.25, -0.2) is 4.79 Å². The summed E-state index contributed by atoms with van der Waals surface area (Å²) in [7, 11) is 1.78. The molecule has 2 unspecified atom stereocenters. The first kappa shape index (κ1) is 13.3. The molecule has 0 bridgehead atoms. The maximum Gasteiger partial charge on any atom is 0.410 e. The van der Waals surface area contributed by atoms with Gasteiger partial charge >= 0.3 is 6.09 Å². The number of amides is 1. The van der Waals surface area contributed by atoms with E-state index in [9.17, 15) is 9.90 Å². The lowest BCUT2D eigenvalue weighted by atomic mass is 10.0. The second-order valence-corrected chi connectivity index (χ2v) is 5.18. The van der Waals surface area contributed by atoms with Crippen LogP contribution in [0.1, 0.15) is 27.2 Å². The average molecular weight is 230 g/mol. The predicted molar refractivity (Wildman–Crippen MR) is 61.3 cm³/mol. The molecule has 16 heavy (non-hydrogen) atoms. The first-order valence-electron chi connectivity index (χ1n) is 5.67. The summed E-state index contributed by atoms with van der Waals surface area (Å²) in [5.41, 5.74) is -0.470. The summed E-state index contributed by atoms with van der Waals surface area (Å²) in [5, 5.41) is 12.7. The number of likely N-dealkylation sites (N-methyl/N-ethyl adjacent to an activating group) is 1. The van der Waals surface area contributed by atoms with E-state index in [1.807, 2.05) is 20.8 Å². The van der Waals surface area contributed by atoms with Crippen molar-refractivity contribution in [3.63, 3.8) is 0 Å². The maximum atomic E-state index is 11.8. The number of hydrogen-bond donors (Lipinski definition) is 2. The van der Waals surface area contributed by atoms with Gasteiger partial charge in [0.05, 0.1) is 12.1 Å². The molecule has 5 nitrogen and oxygen atoms in total. The maximum absolute atomic E-state index is 11.8. The van der Waals surface area contributed by atoms with E-state index in [4.69, 9.17) is 4.74 Å². The van der Waals surface area contributed by atoms with Gasteiger partial charge < -0.3 is 20.1 Å². The molecule has 2 N–H and O–H groups in total. The average Bonchev–Trinajstić information content (AvgIpc) is 2.15. The topological polar surface area (TPSA) is 61.8 Å². The van der Waals surface area contributed by atoms with E-state index in [1.54, 1.807) is 11.9 Å². The Balaban J connectivity index is 2.52. The number of nitrogens with one attached hydrogen (secondary N) is 1. The highest BCUT2D eigenvalue weighted by Crippen LogP contribution is 2.15. The molecule has 1 aliphatic rings. The fraction of sp³-hybridized carbons (Fsp3) is 0.909. The largest absolute Gasteiger partial charge is 0.444 e. The Hall–Kier alpha value is -0.810. The number of hydrogen-bond acceptors (Lipinski definition) is 4. The molecule has 0 aromatic rings. The van der Waals surface area contributed by atoms with Crippen LogP contribution in [0.4, 0.5) is 4.79 Å².